The van der Waals surface area contributed by atoms with Crippen LogP contribution < -0.4 is 0 Å². The third-order valence-electron chi connectivity index (χ3n) is 2.10. The average Bonchev–Trinajstić information content (AvgIpc) is 2.65. The first-order chi connectivity index (χ1) is 7.20. The topological polar surface area (TPSA) is 53.7 Å². The Kier molecular flexibility index (Phi) is 4.84. The van der Waals surface area contributed by atoms with Crippen LogP contribution in [0.25, 0.3) is 0 Å². The maximum atomic E-state index is 11.9. The standard InChI is InChI=1S/C10H14BrNO3/c1-2-12(5-3-6-13)10(14)8-4-7-15-9(8)11/h4,7,13H,2-3,5-6H2,1H3. The third-order valence-corrected chi connectivity index (χ3v) is 2.72. The van der Waals surface area contributed by atoms with Crippen molar-refractivity contribution in [2.75, 3.05) is 19.7 Å². The summed E-state index contributed by atoms with van der Waals surface area (Å²) in [7, 11) is 0. The maximum Gasteiger partial charge on any atom is 0.258 e. The second-order valence-electron chi connectivity index (χ2n) is 3.07. The highest BCUT2D eigenvalue weighted by Crippen LogP contribution is 2.19. The first kappa shape index (κ1) is 12.3. The number of carbonyl (C=O) groups excluding carboxylic acids is 1. The molecule has 0 aromatic carbocycles. The van der Waals surface area contributed by atoms with Crippen LogP contribution in [0.4, 0.5) is 0 Å². The number of amides is 1. The highest BCUT2D eigenvalue weighted by Gasteiger charge is 2.18. The molecule has 0 bridgehead atoms. The Bertz CT molecular complexity index is 324. The zero-order valence-electron chi connectivity index (χ0n) is 8.57. The van der Waals surface area contributed by atoms with E-state index in [0.29, 0.717) is 29.7 Å². The number of aliphatic hydroxyl groups excluding tert-OH is 1. The van der Waals surface area contributed by atoms with Gasteiger partial charge in [0.05, 0.1) is 11.8 Å². The van der Waals surface area contributed by atoms with Crippen LogP contribution >= 0.6 is 15.9 Å². The lowest BCUT2D eigenvalue weighted by Gasteiger charge is -2.19. The molecule has 1 aromatic heterocycles. The van der Waals surface area contributed by atoms with Gasteiger partial charge in [0, 0.05) is 19.7 Å². The largest absolute Gasteiger partial charge is 0.457 e. The summed E-state index contributed by atoms with van der Waals surface area (Å²) in [6, 6.07) is 1.63. The Hall–Kier alpha value is -0.810. The molecule has 0 fully saturated rings. The van der Waals surface area contributed by atoms with E-state index in [2.05, 4.69) is 15.9 Å². The fraction of sp³-hybridized carbons (Fsp3) is 0.500. The van der Waals surface area contributed by atoms with Gasteiger partial charge in [0.1, 0.15) is 0 Å². The van der Waals surface area contributed by atoms with Gasteiger partial charge in [0.15, 0.2) is 4.67 Å². The van der Waals surface area contributed by atoms with Gasteiger partial charge < -0.3 is 14.4 Å². The van der Waals surface area contributed by atoms with Gasteiger partial charge >= 0.3 is 0 Å². The van der Waals surface area contributed by atoms with E-state index in [0.717, 1.165) is 0 Å². The van der Waals surface area contributed by atoms with Gasteiger partial charge in [-0.1, -0.05) is 0 Å². The van der Waals surface area contributed by atoms with Crippen LogP contribution in [0, 0.1) is 0 Å². The average molecular weight is 276 g/mol. The summed E-state index contributed by atoms with van der Waals surface area (Å²) >= 11 is 3.17. The van der Waals surface area contributed by atoms with Crippen molar-refractivity contribution in [3.05, 3.63) is 22.6 Å². The zero-order valence-corrected chi connectivity index (χ0v) is 10.2. The smallest absolute Gasteiger partial charge is 0.258 e. The molecule has 84 valence electrons. The lowest BCUT2D eigenvalue weighted by atomic mass is 10.2. The number of hydrogen-bond acceptors (Lipinski definition) is 3. The third kappa shape index (κ3) is 3.07. The fourth-order valence-corrected chi connectivity index (χ4v) is 1.69. The number of aliphatic hydroxyl groups is 1. The van der Waals surface area contributed by atoms with Crippen molar-refractivity contribution in [1.29, 1.82) is 0 Å². The molecule has 0 saturated carbocycles. The number of carbonyl (C=O) groups is 1. The molecule has 1 rings (SSSR count). The van der Waals surface area contributed by atoms with Crippen molar-refractivity contribution < 1.29 is 14.3 Å². The van der Waals surface area contributed by atoms with Crippen molar-refractivity contribution in [3.8, 4) is 0 Å². The molecule has 1 N–H and O–H groups in total. The second kappa shape index (κ2) is 5.92. The second-order valence-corrected chi connectivity index (χ2v) is 3.79. The van der Waals surface area contributed by atoms with Crippen LogP contribution in [-0.2, 0) is 0 Å². The summed E-state index contributed by atoms with van der Waals surface area (Å²) in [4.78, 5) is 13.6. The highest BCUT2D eigenvalue weighted by molar-refractivity contribution is 9.10. The maximum absolute atomic E-state index is 11.9. The fourth-order valence-electron chi connectivity index (χ4n) is 1.28. The first-order valence-corrected chi connectivity index (χ1v) is 5.63. The predicted molar refractivity (Wildman–Crippen MR) is 59.7 cm³/mol. The minimum Gasteiger partial charge on any atom is -0.457 e. The molecule has 0 saturated heterocycles. The predicted octanol–water partition coefficient (Wildman–Crippen LogP) is 1.89. The summed E-state index contributed by atoms with van der Waals surface area (Å²) in [5, 5.41) is 8.71. The van der Waals surface area contributed by atoms with Gasteiger partial charge in [-0.25, -0.2) is 0 Å². The van der Waals surface area contributed by atoms with Crippen LogP contribution in [0.5, 0.6) is 0 Å². The Morgan fingerprint density at radius 1 is 1.67 bits per heavy atom. The summed E-state index contributed by atoms with van der Waals surface area (Å²) < 4.78 is 5.46. The Balaban J connectivity index is 2.69. The minimum atomic E-state index is -0.0772. The van der Waals surface area contributed by atoms with Crippen LogP contribution in [0.3, 0.4) is 0 Å². The van der Waals surface area contributed by atoms with E-state index in [1.54, 1.807) is 11.0 Å². The molecule has 0 unspecified atom stereocenters. The molecule has 1 aromatic rings. The van der Waals surface area contributed by atoms with Gasteiger partial charge in [-0.3, -0.25) is 4.79 Å². The van der Waals surface area contributed by atoms with E-state index in [9.17, 15) is 4.79 Å². The van der Waals surface area contributed by atoms with Crippen molar-refractivity contribution >= 4 is 21.8 Å². The molecule has 15 heavy (non-hydrogen) atoms. The first-order valence-electron chi connectivity index (χ1n) is 4.83. The molecule has 4 nitrogen and oxygen atoms in total. The Labute approximate surface area is 97.0 Å². The summed E-state index contributed by atoms with van der Waals surface area (Å²) in [6.07, 6.45) is 2.06. The normalized spacial score (nSPS) is 10.3. The van der Waals surface area contributed by atoms with Crippen molar-refractivity contribution in [2.45, 2.75) is 13.3 Å². The highest BCUT2D eigenvalue weighted by atomic mass is 79.9. The molecule has 1 amide bonds. The zero-order chi connectivity index (χ0) is 11.3. The molecule has 0 aliphatic rings. The summed E-state index contributed by atoms with van der Waals surface area (Å²) in [5.74, 6) is -0.0772. The number of nitrogens with zero attached hydrogens (tertiary/aromatic N) is 1. The molecule has 0 aliphatic carbocycles. The van der Waals surface area contributed by atoms with E-state index >= 15 is 0 Å². The van der Waals surface area contributed by atoms with Crippen LogP contribution in [0.2, 0.25) is 0 Å². The number of halogens is 1. The van der Waals surface area contributed by atoms with Gasteiger partial charge in [0.25, 0.3) is 5.91 Å². The molecular formula is C10H14BrNO3. The molecule has 1 heterocycles. The molecular weight excluding hydrogens is 262 g/mol. The Morgan fingerprint density at radius 3 is 2.87 bits per heavy atom. The van der Waals surface area contributed by atoms with Gasteiger partial charge in [-0.15, -0.1) is 0 Å². The van der Waals surface area contributed by atoms with Gasteiger partial charge in [0.2, 0.25) is 0 Å². The van der Waals surface area contributed by atoms with Crippen LogP contribution in [0.1, 0.15) is 23.7 Å². The number of hydrogen-bond donors (Lipinski definition) is 1. The van der Waals surface area contributed by atoms with Gasteiger partial charge in [-0.2, -0.15) is 0 Å². The quantitative estimate of drug-likeness (QED) is 0.893. The SMILES string of the molecule is CCN(CCCO)C(=O)c1ccoc1Br. The molecule has 0 aliphatic heterocycles. The van der Waals surface area contributed by atoms with E-state index in [1.165, 1.54) is 6.26 Å². The van der Waals surface area contributed by atoms with E-state index in [-0.39, 0.29) is 12.5 Å². The minimum absolute atomic E-state index is 0.0772. The lowest BCUT2D eigenvalue weighted by molar-refractivity contribution is 0.0752. The van der Waals surface area contributed by atoms with E-state index in [1.807, 2.05) is 6.92 Å². The van der Waals surface area contributed by atoms with Crippen LogP contribution in [-0.4, -0.2) is 35.6 Å². The van der Waals surface area contributed by atoms with Crippen molar-refractivity contribution in [1.82, 2.24) is 4.90 Å². The van der Waals surface area contributed by atoms with Gasteiger partial charge in [-0.05, 0) is 35.3 Å². The summed E-state index contributed by atoms with van der Waals surface area (Å²) in [5.41, 5.74) is 0.523. The molecule has 0 atom stereocenters. The Morgan fingerprint density at radius 2 is 2.40 bits per heavy atom. The number of rotatable bonds is 5. The monoisotopic (exact) mass is 275 g/mol. The molecule has 0 spiro atoms. The van der Waals surface area contributed by atoms with E-state index < -0.39 is 0 Å². The van der Waals surface area contributed by atoms with Crippen molar-refractivity contribution in [2.24, 2.45) is 0 Å². The van der Waals surface area contributed by atoms with Crippen molar-refractivity contribution in [3.63, 3.8) is 0 Å². The number of furan rings is 1. The molecule has 5 heteroatoms. The lowest BCUT2D eigenvalue weighted by Crippen LogP contribution is -2.32. The van der Waals surface area contributed by atoms with Crippen LogP contribution in [0.15, 0.2) is 21.4 Å². The summed E-state index contributed by atoms with van der Waals surface area (Å²) in [6.45, 7) is 3.18. The molecule has 0 radical (unpaired) electrons. The van der Waals surface area contributed by atoms with E-state index in [4.69, 9.17) is 9.52 Å².